The second kappa shape index (κ2) is 13.1. The van der Waals surface area contributed by atoms with E-state index >= 15 is 0 Å². The molecule has 8 heterocycles. The van der Waals surface area contributed by atoms with E-state index < -0.39 is 54.0 Å². The van der Waals surface area contributed by atoms with Crippen molar-refractivity contribution in [3.63, 3.8) is 0 Å². The Morgan fingerprint density at radius 3 is 1.55 bits per heavy atom. The molecule has 2 N–H and O–H groups in total. The summed E-state index contributed by atoms with van der Waals surface area (Å²) in [5.74, 6) is 0.218. The SMILES string of the molecule is C[C@H]1[C@@H](OCC(CCC(O)CO)CO[C@H]2O[C@@H]3O[C@@]4(C)CC[C@H]5[C@H](C)CC[C@@H]([C@H]2C)[C@@]35OO4)OC2O[C@]3(C)CC[C@H]4[C@H](C)CC[C@@H]1[C@@]24OO3. The lowest BCUT2D eigenvalue weighted by Crippen LogP contribution is -2.70. The van der Waals surface area contributed by atoms with Crippen LogP contribution < -0.4 is 0 Å². The van der Waals surface area contributed by atoms with Gasteiger partial charge in [0.25, 0.3) is 0 Å². The van der Waals surface area contributed by atoms with Gasteiger partial charge in [-0.25, -0.2) is 19.6 Å². The third-order valence-electron chi connectivity index (χ3n) is 14.3. The monoisotopic (exact) mass is 696 g/mol. The summed E-state index contributed by atoms with van der Waals surface area (Å²) in [7, 11) is 0. The number of hydrogen-bond acceptors (Lipinski definition) is 12. The Kier molecular flexibility index (Phi) is 9.52. The molecular formula is C37H60O12. The Labute approximate surface area is 290 Å². The molecule has 4 bridgehead atoms. The van der Waals surface area contributed by atoms with Crippen LogP contribution in [0.1, 0.15) is 106 Å². The topological polar surface area (TPSA) is 133 Å². The molecule has 18 atom stereocenters. The van der Waals surface area contributed by atoms with E-state index in [1.165, 1.54) is 0 Å². The van der Waals surface area contributed by atoms with Crippen molar-refractivity contribution in [2.75, 3.05) is 19.8 Å². The van der Waals surface area contributed by atoms with Crippen LogP contribution in [0.25, 0.3) is 0 Å². The maximum Gasteiger partial charge on any atom is 0.201 e. The smallest absolute Gasteiger partial charge is 0.201 e. The normalized spacial score (nSPS) is 54.4. The molecule has 10 rings (SSSR count). The molecule has 8 saturated heterocycles. The van der Waals surface area contributed by atoms with Crippen molar-refractivity contribution < 1.29 is 58.2 Å². The fourth-order valence-electron chi connectivity index (χ4n) is 11.3. The van der Waals surface area contributed by atoms with E-state index in [-0.39, 0.29) is 48.0 Å². The van der Waals surface area contributed by atoms with Crippen molar-refractivity contribution >= 4 is 0 Å². The number of aliphatic hydroxyl groups is 2. The van der Waals surface area contributed by atoms with Crippen LogP contribution in [0.5, 0.6) is 0 Å². The fourth-order valence-corrected chi connectivity index (χ4v) is 11.3. The molecule has 12 heteroatoms. The van der Waals surface area contributed by atoms with Crippen molar-refractivity contribution in [2.24, 2.45) is 53.3 Å². The van der Waals surface area contributed by atoms with E-state index in [9.17, 15) is 10.2 Å². The molecule has 12 nitrogen and oxygen atoms in total. The first-order valence-corrected chi connectivity index (χ1v) is 19.3. The van der Waals surface area contributed by atoms with Crippen LogP contribution in [0.3, 0.4) is 0 Å². The van der Waals surface area contributed by atoms with Gasteiger partial charge in [0.05, 0.1) is 25.9 Å². The fraction of sp³-hybridized carbons (Fsp3) is 1.00. The number of rotatable bonds is 10. The number of aliphatic hydroxyl groups excluding tert-OH is 2. The van der Waals surface area contributed by atoms with Crippen molar-refractivity contribution in [1.82, 2.24) is 0 Å². The van der Waals surface area contributed by atoms with Crippen LogP contribution in [-0.2, 0) is 48.0 Å². The largest absolute Gasteiger partial charge is 0.394 e. The molecule has 3 unspecified atom stereocenters. The average Bonchev–Trinajstić information content (AvgIpc) is 3.46. The molecular weight excluding hydrogens is 636 g/mol. The summed E-state index contributed by atoms with van der Waals surface area (Å²) in [5.41, 5.74) is -1.29. The molecule has 0 aromatic carbocycles. The first-order chi connectivity index (χ1) is 23.4. The molecule has 2 saturated carbocycles. The third-order valence-corrected chi connectivity index (χ3v) is 14.3. The van der Waals surface area contributed by atoms with E-state index in [1.807, 2.05) is 13.8 Å². The number of hydrogen-bond donors (Lipinski definition) is 2. The zero-order valence-corrected chi connectivity index (χ0v) is 30.3. The van der Waals surface area contributed by atoms with Crippen molar-refractivity contribution in [3.8, 4) is 0 Å². The predicted octanol–water partition coefficient (Wildman–Crippen LogP) is 5.19. The van der Waals surface area contributed by atoms with Gasteiger partial charge in [-0.05, 0) is 88.9 Å². The minimum atomic E-state index is -0.847. The van der Waals surface area contributed by atoms with Crippen LogP contribution in [0.4, 0.5) is 0 Å². The van der Waals surface area contributed by atoms with E-state index in [0.717, 1.165) is 51.4 Å². The lowest BCUT2D eigenvalue weighted by molar-refractivity contribution is -0.578. The van der Waals surface area contributed by atoms with Crippen LogP contribution in [0.2, 0.25) is 0 Å². The van der Waals surface area contributed by atoms with Gasteiger partial charge in [0.2, 0.25) is 11.6 Å². The van der Waals surface area contributed by atoms with Gasteiger partial charge in [-0.1, -0.05) is 27.7 Å². The Morgan fingerprint density at radius 1 is 0.633 bits per heavy atom. The van der Waals surface area contributed by atoms with E-state index in [4.69, 9.17) is 48.0 Å². The van der Waals surface area contributed by atoms with Crippen LogP contribution in [0, 0.1) is 53.3 Å². The highest BCUT2D eigenvalue weighted by atomic mass is 17.3. The highest BCUT2D eigenvalue weighted by molar-refractivity contribution is 5.10. The van der Waals surface area contributed by atoms with Gasteiger partial charge >= 0.3 is 0 Å². The number of ether oxygens (including phenoxy) is 6. The molecule has 0 radical (unpaired) electrons. The Bertz CT molecular complexity index is 1110. The summed E-state index contributed by atoms with van der Waals surface area (Å²) in [6, 6.07) is 0. The van der Waals surface area contributed by atoms with Gasteiger partial charge in [-0.2, -0.15) is 0 Å². The molecule has 280 valence electrons. The third kappa shape index (κ3) is 5.78. The Morgan fingerprint density at radius 2 is 1.10 bits per heavy atom. The zero-order valence-electron chi connectivity index (χ0n) is 30.3. The quantitative estimate of drug-likeness (QED) is 0.292. The van der Waals surface area contributed by atoms with Crippen LogP contribution >= 0.6 is 0 Å². The highest BCUT2D eigenvalue weighted by Gasteiger charge is 2.71. The standard InChI is InChI=1S/C37H60O12/c1-20-7-11-28-22(3)30(42-32-36(28)26(20)13-15-34(5,44-32)46-48-36)40-18-24(9-10-25(39)17-38)19-41-31-23(4)29-12-8-21(2)27-14-16-35(6)45-33(43-31)37(27,29)49-47-35/h20-33,38-39H,7-19H2,1-6H3/t20-,21-,22-,23-,24?,25?,26+,27+,28+,29+,30+,31+,32-,33?,34-,35+,36-,37-/m1/s1. The van der Waals surface area contributed by atoms with Gasteiger partial charge in [-0.15, -0.1) is 0 Å². The van der Waals surface area contributed by atoms with Gasteiger partial charge in [0.1, 0.15) is 0 Å². The van der Waals surface area contributed by atoms with Crippen molar-refractivity contribution in [3.05, 3.63) is 0 Å². The number of fused-ring (bicyclic) bond motifs is 4. The van der Waals surface area contributed by atoms with Crippen LogP contribution in [0.15, 0.2) is 0 Å². The molecule has 0 aromatic heterocycles. The molecule has 2 aliphatic carbocycles. The van der Waals surface area contributed by atoms with Gasteiger partial charge in [-0.3, -0.25) is 0 Å². The summed E-state index contributed by atoms with van der Waals surface area (Å²) in [6.07, 6.45) is 5.80. The second-order valence-corrected chi connectivity index (χ2v) is 17.5. The molecule has 0 aromatic rings. The van der Waals surface area contributed by atoms with E-state index in [0.29, 0.717) is 37.9 Å². The van der Waals surface area contributed by atoms with E-state index in [2.05, 4.69) is 27.7 Å². The van der Waals surface area contributed by atoms with Gasteiger partial charge < -0.3 is 38.6 Å². The second-order valence-electron chi connectivity index (χ2n) is 17.5. The van der Waals surface area contributed by atoms with Gasteiger partial charge in [0.15, 0.2) is 36.4 Å². The lowest BCUT2D eigenvalue weighted by atomic mass is 9.58. The first kappa shape index (κ1) is 35.5. The Balaban J connectivity index is 0.964. The molecule has 49 heavy (non-hydrogen) atoms. The van der Waals surface area contributed by atoms with Crippen molar-refractivity contribution in [2.45, 2.75) is 160 Å². The molecule has 10 fully saturated rings. The van der Waals surface area contributed by atoms with E-state index in [1.54, 1.807) is 0 Å². The Hall–Kier alpha value is -0.480. The first-order valence-electron chi connectivity index (χ1n) is 19.3. The maximum atomic E-state index is 10.3. The summed E-state index contributed by atoms with van der Waals surface area (Å²) in [5, 5.41) is 19.9. The summed E-state index contributed by atoms with van der Waals surface area (Å²) in [4.78, 5) is 24.6. The molecule has 8 aliphatic heterocycles. The predicted molar refractivity (Wildman–Crippen MR) is 171 cm³/mol. The minimum absolute atomic E-state index is 0.0522. The molecule has 2 spiro atoms. The van der Waals surface area contributed by atoms with Crippen molar-refractivity contribution in [1.29, 1.82) is 0 Å². The maximum absolute atomic E-state index is 10.3. The summed E-state index contributed by atoms with van der Waals surface area (Å²) in [6.45, 7) is 13.3. The summed E-state index contributed by atoms with van der Waals surface area (Å²) < 4.78 is 39.7. The van der Waals surface area contributed by atoms with Gasteiger partial charge in [0, 0.05) is 42.4 Å². The lowest BCUT2D eigenvalue weighted by Gasteiger charge is -2.60. The average molecular weight is 697 g/mol. The minimum Gasteiger partial charge on any atom is -0.394 e. The van der Waals surface area contributed by atoms with Crippen LogP contribution in [-0.4, -0.2) is 84.1 Å². The summed E-state index contributed by atoms with van der Waals surface area (Å²) >= 11 is 0. The molecule has 10 aliphatic rings. The molecule has 0 amide bonds. The highest BCUT2D eigenvalue weighted by Crippen LogP contribution is 2.62. The zero-order chi connectivity index (χ0) is 34.3.